The lowest BCUT2D eigenvalue weighted by Gasteiger charge is -2.48. The summed E-state index contributed by atoms with van der Waals surface area (Å²) in [6, 6.07) is -3.24. The highest BCUT2D eigenvalue weighted by Crippen LogP contribution is 2.34. The molecule has 2 aliphatic heterocycles. The maximum Gasteiger partial charge on any atom is 0.351 e. The van der Waals surface area contributed by atoms with Crippen LogP contribution in [0.2, 0.25) is 0 Å². The fraction of sp³-hybridized carbons (Fsp3) is 0.727. The van der Waals surface area contributed by atoms with Gasteiger partial charge in [-0.2, -0.15) is 0 Å². The highest BCUT2D eigenvalue weighted by Gasteiger charge is 2.57. The molecular weight excluding hydrogens is 718 g/mol. The number of esters is 1. The minimum atomic E-state index is -2.43. The standard InChI is InChI=1S/C33H51N7O14/c1-7-18(8-2)52-20-11-17(30(47)51-9-3)10-19(23(20)35-15(4)42)38-33(31(48)49)12-21(50-6)24(36-16(5)43)27(54-33)28(46)37-32-34-14-40(39-32)29-26(45)25(44)22(13-41)53-29/h11,14,18-27,29,38,41,44-45H,7-10,12-13H2,1-6H3,(H,35,42)(H,36,43)(H,48,49)(H,37,39,46)/t19?,20?,21?,22-,23?,24?,25?,26?,27?,29-,33?/m1/s1. The van der Waals surface area contributed by atoms with Crippen LogP contribution in [0.1, 0.15) is 66.5 Å². The molecule has 302 valence electrons. The zero-order valence-corrected chi connectivity index (χ0v) is 31.0. The van der Waals surface area contributed by atoms with Gasteiger partial charge in [-0.05, 0) is 32.3 Å². The van der Waals surface area contributed by atoms with Crippen molar-refractivity contribution in [2.24, 2.45) is 0 Å². The molecule has 8 N–H and O–H groups in total. The number of methoxy groups -OCH3 is 1. The molecule has 0 bridgehead atoms. The lowest BCUT2D eigenvalue weighted by molar-refractivity contribution is -0.217. The minimum absolute atomic E-state index is 0.0625. The lowest BCUT2D eigenvalue weighted by atomic mass is 9.84. The second kappa shape index (κ2) is 18.5. The first kappa shape index (κ1) is 42.6. The Morgan fingerprint density at radius 2 is 1.72 bits per heavy atom. The SMILES string of the molecule is CCOC(=O)C1=CC(OC(CC)CC)C(NC(C)=O)C(NC2(C(=O)O)CC(OC)C(NC(C)=O)C(C(=O)Nc3ncn([C@@H]4O[C@H](CO)C(O)C4O)n3)O2)C1. The summed E-state index contributed by atoms with van der Waals surface area (Å²) < 4.78 is 29.8. The number of carboxylic acids is 1. The van der Waals surface area contributed by atoms with Crippen LogP contribution < -0.4 is 21.3 Å². The number of aliphatic hydroxyl groups excluding tert-OH is 3. The maximum absolute atomic E-state index is 14.0. The lowest BCUT2D eigenvalue weighted by Crippen LogP contribution is -2.73. The Labute approximate surface area is 311 Å². The van der Waals surface area contributed by atoms with Crippen molar-refractivity contribution in [3.63, 3.8) is 0 Å². The van der Waals surface area contributed by atoms with E-state index in [1.807, 2.05) is 13.8 Å². The van der Waals surface area contributed by atoms with Crippen molar-refractivity contribution >= 4 is 35.6 Å². The molecule has 2 fully saturated rings. The molecule has 0 aromatic carbocycles. The van der Waals surface area contributed by atoms with Crippen LogP contribution >= 0.6 is 0 Å². The van der Waals surface area contributed by atoms with Crippen LogP contribution in [-0.2, 0) is 47.7 Å². The van der Waals surface area contributed by atoms with Gasteiger partial charge in [0, 0.05) is 39.0 Å². The summed E-state index contributed by atoms with van der Waals surface area (Å²) in [4.78, 5) is 69.3. The van der Waals surface area contributed by atoms with Crippen LogP contribution in [0.25, 0.3) is 0 Å². The fourth-order valence-corrected chi connectivity index (χ4v) is 6.84. The van der Waals surface area contributed by atoms with Crippen LogP contribution in [0.5, 0.6) is 0 Å². The highest BCUT2D eigenvalue weighted by molar-refractivity contribution is 5.94. The number of amides is 3. The predicted molar refractivity (Wildman–Crippen MR) is 183 cm³/mol. The van der Waals surface area contributed by atoms with Crippen LogP contribution in [0.3, 0.4) is 0 Å². The van der Waals surface area contributed by atoms with Gasteiger partial charge in [0.1, 0.15) is 24.6 Å². The van der Waals surface area contributed by atoms with Gasteiger partial charge in [0.2, 0.25) is 23.5 Å². The van der Waals surface area contributed by atoms with E-state index in [0.717, 1.165) is 11.0 Å². The van der Waals surface area contributed by atoms with E-state index < -0.39 is 109 Å². The molecule has 2 saturated heterocycles. The first-order chi connectivity index (χ1) is 25.6. The Balaban J connectivity index is 1.70. The third-order valence-electron chi connectivity index (χ3n) is 9.52. The van der Waals surface area contributed by atoms with Gasteiger partial charge in [0.05, 0.1) is 43.6 Å². The van der Waals surface area contributed by atoms with E-state index in [9.17, 15) is 44.4 Å². The maximum atomic E-state index is 14.0. The summed E-state index contributed by atoms with van der Waals surface area (Å²) in [5.41, 5.74) is -2.27. The Morgan fingerprint density at radius 3 is 2.28 bits per heavy atom. The number of nitrogens with zero attached hydrogens (tertiary/aromatic N) is 3. The van der Waals surface area contributed by atoms with Crippen LogP contribution in [0.4, 0.5) is 5.95 Å². The largest absolute Gasteiger partial charge is 0.478 e. The second-order valence-electron chi connectivity index (χ2n) is 13.3. The van der Waals surface area contributed by atoms with Gasteiger partial charge in [0.15, 0.2) is 12.3 Å². The molecule has 3 heterocycles. The molecule has 3 amide bonds. The summed E-state index contributed by atoms with van der Waals surface area (Å²) in [6.45, 7) is 7.40. The van der Waals surface area contributed by atoms with Crippen molar-refractivity contribution in [3.05, 3.63) is 18.0 Å². The predicted octanol–water partition coefficient (Wildman–Crippen LogP) is -2.15. The first-order valence-electron chi connectivity index (χ1n) is 17.7. The van der Waals surface area contributed by atoms with E-state index in [-0.39, 0.29) is 30.7 Å². The molecule has 3 aliphatic rings. The molecule has 21 heteroatoms. The van der Waals surface area contributed by atoms with E-state index in [0.29, 0.717) is 12.8 Å². The average Bonchev–Trinajstić information content (AvgIpc) is 3.70. The Bertz CT molecular complexity index is 1540. The molecule has 4 rings (SSSR count). The molecule has 0 saturated carbocycles. The number of hydrogen-bond donors (Lipinski definition) is 8. The number of aromatic nitrogens is 3. The number of aliphatic hydroxyl groups is 3. The average molecular weight is 770 g/mol. The van der Waals surface area contributed by atoms with Crippen molar-refractivity contribution in [1.29, 1.82) is 0 Å². The minimum Gasteiger partial charge on any atom is -0.478 e. The van der Waals surface area contributed by atoms with E-state index >= 15 is 0 Å². The van der Waals surface area contributed by atoms with E-state index in [2.05, 4.69) is 31.3 Å². The first-order valence-corrected chi connectivity index (χ1v) is 17.7. The Kier molecular flexibility index (Phi) is 14.6. The molecule has 0 radical (unpaired) electrons. The van der Waals surface area contributed by atoms with Crippen LogP contribution in [0.15, 0.2) is 18.0 Å². The number of carboxylic acid groups (broad SMARTS) is 1. The van der Waals surface area contributed by atoms with E-state index in [4.69, 9.17) is 23.7 Å². The molecule has 1 aliphatic carbocycles. The summed E-state index contributed by atoms with van der Waals surface area (Å²) in [6.07, 6.45) is -6.21. The summed E-state index contributed by atoms with van der Waals surface area (Å²) in [5.74, 6) is -4.66. The molecule has 9 unspecified atom stereocenters. The normalized spacial score (nSPS) is 32.4. The number of aliphatic carboxylic acids is 1. The Hall–Kier alpha value is -4.09. The van der Waals surface area contributed by atoms with Crippen molar-refractivity contribution in [3.8, 4) is 0 Å². The van der Waals surface area contributed by atoms with Gasteiger partial charge in [-0.25, -0.2) is 19.3 Å². The number of nitrogens with one attached hydrogen (secondary N) is 4. The monoisotopic (exact) mass is 769 g/mol. The molecule has 11 atom stereocenters. The van der Waals surface area contributed by atoms with Crippen molar-refractivity contribution in [2.45, 2.75) is 133 Å². The number of carbonyl (C=O) groups is 5. The summed E-state index contributed by atoms with van der Waals surface area (Å²) >= 11 is 0. The zero-order chi connectivity index (χ0) is 39.9. The molecule has 1 aromatic rings. The number of ether oxygens (including phenoxy) is 5. The number of hydrogen-bond acceptors (Lipinski definition) is 16. The van der Waals surface area contributed by atoms with Crippen molar-refractivity contribution < 1.29 is 68.1 Å². The molecule has 1 aromatic heterocycles. The number of rotatable bonds is 16. The Morgan fingerprint density at radius 1 is 1.06 bits per heavy atom. The van der Waals surface area contributed by atoms with Gasteiger partial charge in [-0.1, -0.05) is 13.8 Å². The van der Waals surface area contributed by atoms with Crippen LogP contribution in [0, 0.1) is 0 Å². The molecular formula is C33H51N7O14. The topological polar surface area (TPSA) is 291 Å². The smallest absolute Gasteiger partial charge is 0.351 e. The number of carbonyl (C=O) groups excluding carboxylic acids is 4. The van der Waals surface area contributed by atoms with Crippen molar-refractivity contribution in [2.75, 3.05) is 25.6 Å². The molecule has 0 spiro atoms. The summed E-state index contributed by atoms with van der Waals surface area (Å²) in [5, 5.41) is 55.7. The van der Waals surface area contributed by atoms with Gasteiger partial charge < -0.3 is 54.7 Å². The summed E-state index contributed by atoms with van der Waals surface area (Å²) in [7, 11) is 1.26. The van der Waals surface area contributed by atoms with Gasteiger partial charge in [-0.15, -0.1) is 5.10 Å². The third kappa shape index (κ3) is 9.58. The van der Waals surface area contributed by atoms with Crippen LogP contribution in [-0.4, -0.2) is 152 Å². The van der Waals surface area contributed by atoms with Gasteiger partial charge in [-0.3, -0.25) is 25.0 Å². The number of anilines is 1. The highest BCUT2D eigenvalue weighted by atomic mass is 16.6. The quantitative estimate of drug-likeness (QED) is 0.0832. The fourth-order valence-electron chi connectivity index (χ4n) is 6.84. The van der Waals surface area contributed by atoms with Gasteiger partial charge in [0.25, 0.3) is 5.91 Å². The zero-order valence-electron chi connectivity index (χ0n) is 31.0. The van der Waals surface area contributed by atoms with Crippen molar-refractivity contribution in [1.82, 2.24) is 30.7 Å². The van der Waals surface area contributed by atoms with E-state index in [1.165, 1.54) is 21.0 Å². The second-order valence-corrected chi connectivity index (χ2v) is 13.3. The molecule has 21 nitrogen and oxygen atoms in total. The molecule has 54 heavy (non-hydrogen) atoms. The third-order valence-corrected chi connectivity index (χ3v) is 9.52. The van der Waals surface area contributed by atoms with Gasteiger partial charge >= 0.3 is 11.9 Å². The van der Waals surface area contributed by atoms with E-state index in [1.54, 1.807) is 13.0 Å².